The molecule has 1 amide bonds. The summed E-state index contributed by atoms with van der Waals surface area (Å²) in [6.07, 6.45) is -0.594. The van der Waals surface area contributed by atoms with Gasteiger partial charge in [0.1, 0.15) is 5.75 Å². The van der Waals surface area contributed by atoms with Gasteiger partial charge in [0.15, 0.2) is 5.75 Å². The molecule has 0 radical (unpaired) electrons. The molecule has 2 rings (SSSR count). The van der Waals surface area contributed by atoms with Crippen LogP contribution in [0.3, 0.4) is 0 Å². The van der Waals surface area contributed by atoms with Crippen LogP contribution in [-0.2, 0) is 4.79 Å². The van der Waals surface area contributed by atoms with Gasteiger partial charge in [-0.15, -0.1) is 0 Å². The second-order valence-corrected chi connectivity index (χ2v) is 5.05. The molecule has 5 heteroatoms. The van der Waals surface area contributed by atoms with Gasteiger partial charge in [-0.1, -0.05) is 29.8 Å². The third-order valence-electron chi connectivity index (χ3n) is 2.86. The lowest BCUT2D eigenvalue weighted by atomic mass is 10.1. The van der Waals surface area contributed by atoms with Crippen molar-refractivity contribution < 1.29 is 14.6 Å². The van der Waals surface area contributed by atoms with Crippen molar-refractivity contribution in [2.45, 2.75) is 20.0 Å². The number of hydrogen-bond donors (Lipinski definition) is 2. The Morgan fingerprint density at radius 3 is 2.57 bits per heavy atom. The number of nitrogens with one attached hydrogen (secondary N) is 1. The van der Waals surface area contributed by atoms with Crippen molar-refractivity contribution in [2.75, 3.05) is 5.32 Å². The summed E-state index contributed by atoms with van der Waals surface area (Å²) >= 11 is 6.16. The maximum atomic E-state index is 11.2. The average molecular weight is 306 g/mol. The molecule has 2 aromatic carbocycles. The number of ether oxygens (including phenoxy) is 1. The first kappa shape index (κ1) is 15.4. The van der Waals surface area contributed by atoms with Crippen molar-refractivity contribution >= 4 is 23.2 Å². The van der Waals surface area contributed by atoms with Crippen molar-refractivity contribution in [2.24, 2.45) is 0 Å². The molecule has 0 saturated heterocycles. The first-order valence-electron chi connectivity index (χ1n) is 6.49. The van der Waals surface area contributed by atoms with Crippen LogP contribution in [0.25, 0.3) is 0 Å². The van der Waals surface area contributed by atoms with E-state index in [0.717, 1.165) is 0 Å². The Labute approximate surface area is 128 Å². The van der Waals surface area contributed by atoms with Gasteiger partial charge < -0.3 is 15.2 Å². The van der Waals surface area contributed by atoms with Gasteiger partial charge in [-0.05, 0) is 36.8 Å². The Morgan fingerprint density at radius 2 is 1.95 bits per heavy atom. The Kier molecular flexibility index (Phi) is 4.83. The lowest BCUT2D eigenvalue weighted by Gasteiger charge is -2.13. The summed E-state index contributed by atoms with van der Waals surface area (Å²) in [7, 11) is 0. The molecule has 0 aromatic heterocycles. The first-order valence-corrected chi connectivity index (χ1v) is 6.87. The van der Waals surface area contributed by atoms with Crippen molar-refractivity contribution in [1.82, 2.24) is 0 Å². The molecular weight excluding hydrogens is 290 g/mol. The van der Waals surface area contributed by atoms with Gasteiger partial charge in [-0.2, -0.15) is 0 Å². The second-order valence-electron chi connectivity index (χ2n) is 4.65. The van der Waals surface area contributed by atoms with Crippen LogP contribution in [0.15, 0.2) is 42.5 Å². The Hall–Kier alpha value is -2.04. The zero-order chi connectivity index (χ0) is 15.4. The first-order chi connectivity index (χ1) is 9.97. The molecule has 0 heterocycles. The van der Waals surface area contributed by atoms with Crippen LogP contribution in [0.2, 0.25) is 5.02 Å². The number of rotatable bonds is 4. The van der Waals surface area contributed by atoms with Crippen LogP contribution in [0.5, 0.6) is 11.5 Å². The maximum Gasteiger partial charge on any atom is 0.221 e. The summed E-state index contributed by atoms with van der Waals surface area (Å²) < 4.78 is 5.75. The second kappa shape index (κ2) is 6.61. The zero-order valence-corrected chi connectivity index (χ0v) is 12.5. The molecule has 2 aromatic rings. The monoisotopic (exact) mass is 305 g/mol. The van der Waals surface area contributed by atoms with Crippen LogP contribution < -0.4 is 10.1 Å². The molecule has 0 aliphatic heterocycles. The van der Waals surface area contributed by atoms with E-state index >= 15 is 0 Å². The highest BCUT2D eigenvalue weighted by atomic mass is 35.5. The van der Waals surface area contributed by atoms with E-state index in [1.807, 2.05) is 0 Å². The lowest BCUT2D eigenvalue weighted by molar-refractivity contribution is -0.114. The standard InChI is InChI=1S/C16H16ClNO3/c1-10(19)12-7-8-15(13(17)9-12)21-16-6-4-3-5-14(16)18-11(2)20/h3-10,19H,1-2H3,(H,18,20)/t10-/m0/s1. The van der Waals surface area contributed by atoms with E-state index in [0.29, 0.717) is 27.8 Å². The normalized spacial score (nSPS) is 11.8. The smallest absolute Gasteiger partial charge is 0.221 e. The molecule has 0 aliphatic rings. The third-order valence-corrected chi connectivity index (χ3v) is 3.15. The van der Waals surface area contributed by atoms with Crippen LogP contribution in [0.1, 0.15) is 25.5 Å². The predicted octanol–water partition coefficient (Wildman–Crippen LogP) is 4.14. The fraction of sp³-hybridized carbons (Fsp3) is 0.188. The molecule has 0 saturated carbocycles. The summed E-state index contributed by atoms with van der Waals surface area (Å²) in [5, 5.41) is 12.6. The fourth-order valence-electron chi connectivity index (χ4n) is 1.83. The Morgan fingerprint density at radius 1 is 1.24 bits per heavy atom. The van der Waals surface area contributed by atoms with Crippen molar-refractivity contribution in [3.63, 3.8) is 0 Å². The molecule has 1 atom stereocenters. The largest absolute Gasteiger partial charge is 0.454 e. The molecule has 0 bridgehead atoms. The molecule has 0 spiro atoms. The van der Waals surface area contributed by atoms with Crippen LogP contribution in [0, 0.1) is 0 Å². The highest BCUT2D eigenvalue weighted by Gasteiger charge is 2.10. The highest BCUT2D eigenvalue weighted by molar-refractivity contribution is 6.32. The predicted molar refractivity (Wildman–Crippen MR) is 82.9 cm³/mol. The van der Waals surface area contributed by atoms with Crippen LogP contribution in [-0.4, -0.2) is 11.0 Å². The number of halogens is 1. The van der Waals surface area contributed by atoms with Crippen molar-refractivity contribution in [1.29, 1.82) is 0 Å². The number of anilines is 1. The molecule has 0 fully saturated rings. The average Bonchev–Trinajstić information content (AvgIpc) is 2.42. The lowest BCUT2D eigenvalue weighted by Crippen LogP contribution is -2.06. The maximum absolute atomic E-state index is 11.2. The SMILES string of the molecule is CC(=O)Nc1ccccc1Oc1ccc([C@H](C)O)cc1Cl. The number of para-hydroxylation sites is 2. The number of carbonyl (C=O) groups excluding carboxylic acids is 1. The molecular formula is C16H16ClNO3. The Balaban J connectivity index is 2.28. The van der Waals surface area contributed by atoms with Gasteiger partial charge in [0.05, 0.1) is 16.8 Å². The van der Waals surface area contributed by atoms with Crippen molar-refractivity contribution in [3.8, 4) is 11.5 Å². The fourth-order valence-corrected chi connectivity index (χ4v) is 2.05. The quantitative estimate of drug-likeness (QED) is 0.892. The molecule has 0 unspecified atom stereocenters. The van der Waals surface area contributed by atoms with E-state index in [4.69, 9.17) is 16.3 Å². The van der Waals surface area contributed by atoms with E-state index in [1.54, 1.807) is 49.4 Å². The van der Waals surface area contributed by atoms with Gasteiger partial charge in [-0.3, -0.25) is 4.79 Å². The molecule has 2 N–H and O–H groups in total. The van der Waals surface area contributed by atoms with E-state index in [-0.39, 0.29) is 5.91 Å². The molecule has 0 aliphatic carbocycles. The number of benzene rings is 2. The Bertz CT molecular complexity index is 656. The van der Waals surface area contributed by atoms with Crippen LogP contribution >= 0.6 is 11.6 Å². The minimum Gasteiger partial charge on any atom is -0.454 e. The summed E-state index contributed by atoms with van der Waals surface area (Å²) in [4.78, 5) is 11.2. The van der Waals surface area contributed by atoms with Gasteiger partial charge in [-0.25, -0.2) is 0 Å². The summed E-state index contributed by atoms with van der Waals surface area (Å²) in [5.41, 5.74) is 1.28. The van der Waals surface area contributed by atoms with E-state index in [2.05, 4.69) is 5.32 Å². The van der Waals surface area contributed by atoms with E-state index < -0.39 is 6.10 Å². The number of aliphatic hydroxyl groups excluding tert-OH is 1. The molecule has 4 nitrogen and oxygen atoms in total. The number of hydrogen-bond acceptors (Lipinski definition) is 3. The highest BCUT2D eigenvalue weighted by Crippen LogP contribution is 2.34. The third kappa shape index (κ3) is 3.97. The summed E-state index contributed by atoms with van der Waals surface area (Å²) in [5.74, 6) is 0.778. The van der Waals surface area contributed by atoms with E-state index in [9.17, 15) is 9.90 Å². The van der Waals surface area contributed by atoms with Gasteiger partial charge in [0.25, 0.3) is 0 Å². The summed E-state index contributed by atoms with van der Waals surface area (Å²) in [6, 6.07) is 12.2. The minimum absolute atomic E-state index is 0.179. The van der Waals surface area contributed by atoms with Gasteiger partial charge in [0.2, 0.25) is 5.91 Å². The zero-order valence-electron chi connectivity index (χ0n) is 11.8. The van der Waals surface area contributed by atoms with Gasteiger partial charge >= 0.3 is 0 Å². The number of amides is 1. The number of carbonyl (C=O) groups is 1. The van der Waals surface area contributed by atoms with E-state index in [1.165, 1.54) is 6.92 Å². The van der Waals surface area contributed by atoms with Gasteiger partial charge in [0, 0.05) is 6.92 Å². The molecule has 21 heavy (non-hydrogen) atoms. The topological polar surface area (TPSA) is 58.6 Å². The van der Waals surface area contributed by atoms with Crippen LogP contribution in [0.4, 0.5) is 5.69 Å². The number of aliphatic hydroxyl groups is 1. The summed E-state index contributed by atoms with van der Waals surface area (Å²) in [6.45, 7) is 3.10. The van der Waals surface area contributed by atoms with Crippen molar-refractivity contribution in [3.05, 3.63) is 53.1 Å². The minimum atomic E-state index is -0.594. The molecule has 110 valence electrons.